The molecule has 4 amide bonds. The number of nitrogens with zero attached hydrogens (tertiary/aromatic N) is 1. The molecule has 0 atom stereocenters. The second-order valence-electron chi connectivity index (χ2n) is 3.09. The fraction of sp³-hybridized carbons (Fsp3) is 0.200. The molecule has 0 aliphatic rings. The molecule has 0 spiro atoms. The number of rotatable bonds is 1. The van der Waals surface area contributed by atoms with Gasteiger partial charge in [0.25, 0.3) is 0 Å². The van der Waals surface area contributed by atoms with Crippen molar-refractivity contribution in [1.82, 2.24) is 10.2 Å². The van der Waals surface area contributed by atoms with Gasteiger partial charge in [0, 0.05) is 19.8 Å². The molecule has 0 saturated heterocycles. The van der Waals surface area contributed by atoms with E-state index >= 15 is 0 Å². The van der Waals surface area contributed by atoms with Crippen LogP contribution >= 0.6 is 0 Å². The summed E-state index contributed by atoms with van der Waals surface area (Å²) in [6.07, 6.45) is 0. The van der Waals surface area contributed by atoms with Gasteiger partial charge in [-0.1, -0.05) is 0 Å². The van der Waals surface area contributed by atoms with E-state index < -0.39 is 12.1 Å². The maximum Gasteiger partial charge on any atom is 0.329 e. The first-order valence-electron chi connectivity index (χ1n) is 4.60. The van der Waals surface area contributed by atoms with Crippen LogP contribution in [0.5, 0.6) is 5.75 Å². The molecular formula is C10H13N3O3. The molecule has 1 aromatic carbocycles. The molecular weight excluding hydrogens is 210 g/mol. The number of phenolic OH excluding ortho intramolecular Hbond substituents is 1. The Morgan fingerprint density at radius 2 is 1.75 bits per heavy atom. The van der Waals surface area contributed by atoms with Crippen molar-refractivity contribution in [1.29, 1.82) is 0 Å². The number of urea groups is 2. The van der Waals surface area contributed by atoms with E-state index in [0.29, 0.717) is 5.69 Å². The van der Waals surface area contributed by atoms with Crippen molar-refractivity contribution in [3.8, 4) is 5.75 Å². The first-order chi connectivity index (χ1) is 7.54. The zero-order valence-corrected chi connectivity index (χ0v) is 9.02. The highest BCUT2D eigenvalue weighted by molar-refractivity contribution is 6.00. The average molecular weight is 223 g/mol. The van der Waals surface area contributed by atoms with Crippen LogP contribution < -0.4 is 10.6 Å². The van der Waals surface area contributed by atoms with Crippen LogP contribution in [0, 0.1) is 0 Å². The number of carbonyl (C=O) groups is 2. The van der Waals surface area contributed by atoms with E-state index in [1.54, 1.807) is 0 Å². The van der Waals surface area contributed by atoms with Gasteiger partial charge in [0.15, 0.2) is 0 Å². The Labute approximate surface area is 92.9 Å². The first-order valence-corrected chi connectivity index (χ1v) is 4.60. The van der Waals surface area contributed by atoms with Gasteiger partial charge in [0.2, 0.25) is 0 Å². The van der Waals surface area contributed by atoms with Gasteiger partial charge in [0.1, 0.15) is 5.75 Å². The van der Waals surface area contributed by atoms with Gasteiger partial charge in [-0.15, -0.1) is 0 Å². The summed E-state index contributed by atoms with van der Waals surface area (Å²) in [6, 6.07) is 4.89. The van der Waals surface area contributed by atoms with Crippen molar-refractivity contribution in [2.45, 2.75) is 0 Å². The maximum atomic E-state index is 11.5. The van der Waals surface area contributed by atoms with E-state index in [1.807, 2.05) is 0 Å². The summed E-state index contributed by atoms with van der Waals surface area (Å²) in [4.78, 5) is 23.5. The summed E-state index contributed by atoms with van der Waals surface area (Å²) in [5, 5.41) is 13.9. The quantitative estimate of drug-likeness (QED) is 0.625. The Balaban J connectivity index is 2.64. The number of aromatic hydroxyl groups is 1. The summed E-state index contributed by atoms with van der Waals surface area (Å²) in [5.74, 6) is 0.109. The fourth-order valence-corrected chi connectivity index (χ4v) is 1.01. The van der Waals surface area contributed by atoms with Crippen LogP contribution in [0.15, 0.2) is 24.3 Å². The number of imide groups is 1. The van der Waals surface area contributed by atoms with Crippen LogP contribution in [0.25, 0.3) is 0 Å². The molecule has 0 radical (unpaired) electrons. The Morgan fingerprint density at radius 1 is 1.19 bits per heavy atom. The lowest BCUT2D eigenvalue weighted by Gasteiger charge is -2.15. The SMILES string of the molecule is CNC(=O)N(C)C(=O)Nc1ccc(O)cc1. The smallest absolute Gasteiger partial charge is 0.329 e. The Morgan fingerprint density at radius 3 is 2.25 bits per heavy atom. The number of benzene rings is 1. The summed E-state index contributed by atoms with van der Waals surface area (Å²) in [7, 11) is 2.79. The van der Waals surface area contributed by atoms with Crippen molar-refractivity contribution in [2.75, 3.05) is 19.4 Å². The number of anilines is 1. The number of hydrogen-bond acceptors (Lipinski definition) is 3. The van der Waals surface area contributed by atoms with E-state index in [-0.39, 0.29) is 5.75 Å². The third-order valence-electron chi connectivity index (χ3n) is 1.94. The lowest BCUT2D eigenvalue weighted by atomic mass is 10.3. The first kappa shape index (κ1) is 11.8. The molecule has 0 fully saturated rings. The summed E-state index contributed by atoms with van der Waals surface area (Å²) in [5.41, 5.74) is 0.499. The van der Waals surface area contributed by atoms with E-state index in [4.69, 9.17) is 5.11 Å². The van der Waals surface area contributed by atoms with E-state index in [2.05, 4.69) is 10.6 Å². The molecule has 3 N–H and O–H groups in total. The topological polar surface area (TPSA) is 81.7 Å². The monoisotopic (exact) mass is 223 g/mol. The highest BCUT2D eigenvalue weighted by Gasteiger charge is 2.14. The normalized spacial score (nSPS) is 9.38. The van der Waals surface area contributed by atoms with Gasteiger partial charge in [-0.25, -0.2) is 14.5 Å². The third kappa shape index (κ3) is 2.88. The zero-order valence-electron chi connectivity index (χ0n) is 9.02. The van der Waals surface area contributed by atoms with Crippen LogP contribution in [0.4, 0.5) is 15.3 Å². The van der Waals surface area contributed by atoms with Crippen molar-refractivity contribution in [3.63, 3.8) is 0 Å². The van der Waals surface area contributed by atoms with Crippen molar-refractivity contribution < 1.29 is 14.7 Å². The molecule has 16 heavy (non-hydrogen) atoms. The number of amides is 4. The summed E-state index contributed by atoms with van der Waals surface area (Å²) in [6.45, 7) is 0. The zero-order chi connectivity index (χ0) is 12.1. The molecule has 6 heteroatoms. The second-order valence-corrected chi connectivity index (χ2v) is 3.09. The molecule has 1 rings (SSSR count). The van der Waals surface area contributed by atoms with Crippen molar-refractivity contribution >= 4 is 17.7 Å². The van der Waals surface area contributed by atoms with Gasteiger partial charge in [-0.05, 0) is 24.3 Å². The van der Waals surface area contributed by atoms with E-state index in [0.717, 1.165) is 4.90 Å². The molecule has 0 heterocycles. The molecule has 0 aromatic heterocycles. The van der Waals surface area contributed by atoms with Crippen molar-refractivity contribution in [3.05, 3.63) is 24.3 Å². The van der Waals surface area contributed by atoms with Gasteiger partial charge in [-0.2, -0.15) is 0 Å². The lowest BCUT2D eigenvalue weighted by Crippen LogP contribution is -2.41. The third-order valence-corrected chi connectivity index (χ3v) is 1.94. The predicted molar refractivity (Wildman–Crippen MR) is 59.3 cm³/mol. The molecule has 0 aliphatic heterocycles. The standard InChI is InChI=1S/C10H13N3O3/c1-11-9(15)13(2)10(16)12-7-3-5-8(14)6-4-7/h3-6,14H,1-2H3,(H,11,15)(H,12,16). The molecule has 0 unspecified atom stereocenters. The Kier molecular flexibility index (Phi) is 3.71. The maximum absolute atomic E-state index is 11.5. The van der Waals surface area contributed by atoms with E-state index in [1.165, 1.54) is 38.4 Å². The Bertz CT molecular complexity index is 389. The Hall–Kier alpha value is -2.24. The largest absolute Gasteiger partial charge is 0.508 e. The van der Waals surface area contributed by atoms with Gasteiger partial charge in [-0.3, -0.25) is 0 Å². The molecule has 6 nitrogen and oxygen atoms in total. The fourth-order valence-electron chi connectivity index (χ4n) is 1.01. The molecule has 1 aromatic rings. The van der Waals surface area contributed by atoms with Crippen LogP contribution in [-0.2, 0) is 0 Å². The lowest BCUT2D eigenvalue weighted by molar-refractivity contribution is 0.203. The minimum absolute atomic E-state index is 0.109. The highest BCUT2D eigenvalue weighted by Crippen LogP contribution is 2.13. The van der Waals surface area contributed by atoms with Crippen LogP contribution in [0.2, 0.25) is 0 Å². The van der Waals surface area contributed by atoms with Gasteiger partial charge in [0.05, 0.1) is 0 Å². The number of phenols is 1. The average Bonchev–Trinajstić information content (AvgIpc) is 2.30. The highest BCUT2D eigenvalue weighted by atomic mass is 16.3. The second kappa shape index (κ2) is 5.01. The van der Waals surface area contributed by atoms with Crippen LogP contribution in [0.3, 0.4) is 0 Å². The molecule has 86 valence electrons. The molecule has 0 saturated carbocycles. The van der Waals surface area contributed by atoms with Crippen molar-refractivity contribution in [2.24, 2.45) is 0 Å². The molecule has 0 bridgehead atoms. The minimum Gasteiger partial charge on any atom is -0.508 e. The number of carbonyl (C=O) groups excluding carboxylic acids is 2. The predicted octanol–water partition coefficient (Wildman–Crippen LogP) is 1.20. The van der Waals surface area contributed by atoms with E-state index in [9.17, 15) is 9.59 Å². The van der Waals surface area contributed by atoms with Crippen LogP contribution in [-0.4, -0.2) is 36.2 Å². The van der Waals surface area contributed by atoms with Gasteiger partial charge >= 0.3 is 12.1 Å². The summed E-state index contributed by atoms with van der Waals surface area (Å²) >= 11 is 0. The summed E-state index contributed by atoms with van der Waals surface area (Å²) < 4.78 is 0. The number of hydrogen-bond donors (Lipinski definition) is 3. The van der Waals surface area contributed by atoms with Crippen LogP contribution in [0.1, 0.15) is 0 Å². The molecule has 0 aliphatic carbocycles. The number of nitrogens with one attached hydrogen (secondary N) is 2. The van der Waals surface area contributed by atoms with Gasteiger partial charge < -0.3 is 15.7 Å². The minimum atomic E-state index is -0.551.